The number of hydrogen-bond acceptors (Lipinski definition) is 6. The first kappa shape index (κ1) is 29.5. The Morgan fingerprint density at radius 1 is 1.14 bits per heavy atom. The minimum absolute atomic E-state index is 0.118. The van der Waals surface area contributed by atoms with E-state index in [1.807, 2.05) is 0 Å². The van der Waals surface area contributed by atoms with Gasteiger partial charge < -0.3 is 15.0 Å². The first-order chi connectivity index (χ1) is 19.9. The molecule has 1 fully saturated rings. The number of carbonyl (C=O) groups excluding carboxylic acids is 1. The number of benzene rings is 2. The fourth-order valence-electron chi connectivity index (χ4n) is 4.24. The number of amides is 1. The van der Waals surface area contributed by atoms with Crippen molar-refractivity contribution in [2.75, 3.05) is 11.9 Å². The molecule has 3 heterocycles. The van der Waals surface area contributed by atoms with Gasteiger partial charge in [-0.25, -0.2) is 14.4 Å². The monoisotopic (exact) mass is 624 g/mol. The van der Waals surface area contributed by atoms with Gasteiger partial charge >= 0.3 is 18.0 Å². The Morgan fingerprint density at radius 2 is 1.95 bits per heavy atom. The minimum atomic E-state index is -5.99. The summed E-state index contributed by atoms with van der Waals surface area (Å²) in [6.45, 7) is -0.125. The number of ether oxygens (including phenoxy) is 1. The van der Waals surface area contributed by atoms with Crippen molar-refractivity contribution in [3.63, 3.8) is 0 Å². The number of anilines is 2. The van der Waals surface area contributed by atoms with E-state index in [0.29, 0.717) is 47.8 Å². The highest BCUT2D eigenvalue weighted by Crippen LogP contribution is 2.39. The molecule has 5 rings (SSSR count). The summed E-state index contributed by atoms with van der Waals surface area (Å²) < 4.78 is 85.1. The summed E-state index contributed by atoms with van der Waals surface area (Å²) in [4.78, 5) is 21.4. The van der Waals surface area contributed by atoms with Gasteiger partial charge in [0.25, 0.3) is 0 Å². The van der Waals surface area contributed by atoms with Gasteiger partial charge in [-0.1, -0.05) is 35.6 Å². The van der Waals surface area contributed by atoms with Gasteiger partial charge in [-0.2, -0.15) is 22.0 Å². The molecule has 4 aromatic rings. The molecule has 1 atom stereocenters. The van der Waals surface area contributed by atoms with E-state index >= 15 is 0 Å². The van der Waals surface area contributed by atoms with Crippen molar-refractivity contribution in [2.45, 2.75) is 37.6 Å². The Kier molecular flexibility index (Phi) is 8.21. The third kappa shape index (κ3) is 6.24. The largest absolute Gasteiger partial charge is 0.487 e. The smallest absolute Gasteiger partial charge is 0.463 e. The van der Waals surface area contributed by atoms with Gasteiger partial charge in [-0.05, 0) is 54.8 Å². The average molecular weight is 625 g/mol. The zero-order valence-electron chi connectivity index (χ0n) is 21.3. The number of carbonyl (C=O) groups is 1. The number of thiophene rings is 1. The topological polar surface area (TPSA) is 67.4 Å². The number of nitrogens with zero attached hydrogens (tertiary/aromatic N) is 3. The van der Waals surface area contributed by atoms with Crippen molar-refractivity contribution in [1.82, 2.24) is 14.9 Å². The molecule has 0 spiro atoms. The van der Waals surface area contributed by atoms with E-state index in [-0.39, 0.29) is 31.8 Å². The number of hydrogen-bond donors (Lipinski definition) is 1. The van der Waals surface area contributed by atoms with Crippen molar-refractivity contribution in [3.05, 3.63) is 76.1 Å². The second-order valence-electron chi connectivity index (χ2n) is 9.23. The van der Waals surface area contributed by atoms with Crippen LogP contribution in [0.15, 0.2) is 54.9 Å². The number of fused-ring (bicyclic) bond motifs is 1. The molecule has 14 heteroatoms. The highest BCUT2D eigenvalue weighted by Gasteiger charge is 2.65. The fraction of sp³-hybridized carbons (Fsp3) is 0.250. The molecule has 1 aliphatic rings. The van der Waals surface area contributed by atoms with E-state index in [9.17, 15) is 31.1 Å². The molecule has 0 radical (unpaired) electrons. The van der Waals surface area contributed by atoms with Crippen molar-refractivity contribution in [2.24, 2.45) is 0 Å². The molecule has 2 aromatic heterocycles. The first-order valence-corrected chi connectivity index (χ1v) is 13.6. The van der Waals surface area contributed by atoms with Crippen LogP contribution in [0, 0.1) is 17.7 Å². The van der Waals surface area contributed by atoms with Crippen LogP contribution in [-0.2, 0) is 11.4 Å². The summed E-state index contributed by atoms with van der Waals surface area (Å²) >= 11 is 7.56. The fourth-order valence-corrected chi connectivity index (χ4v) is 5.39. The lowest BCUT2D eigenvalue weighted by molar-refractivity contribution is -0.274. The van der Waals surface area contributed by atoms with E-state index < -0.39 is 24.0 Å². The Hall–Kier alpha value is -4.02. The van der Waals surface area contributed by atoms with Crippen molar-refractivity contribution in [1.29, 1.82) is 0 Å². The molecule has 1 N–H and O–H groups in total. The number of alkyl halides is 5. The lowest BCUT2D eigenvalue weighted by Crippen LogP contribution is -2.53. The molecular formula is C28H19ClF6N4O2S. The molecule has 42 heavy (non-hydrogen) atoms. The number of aromatic nitrogens is 2. The standard InChI is InChI=1S/C28H19ClF6N4O2S/c29-21-12-18(6-9-23(21)41-14-16-3-1-4-17(30)11-16)38-25-24-22(36-15-37-25)13-20(42-24)8-7-19-5-2-10-39(19)26(40)27(31,32)28(33,34)35/h1,3-4,6,9,11-13,15,19H,2,5,10,14H2,(H,36,37,38)/t19-/m1/s1. The molecule has 1 aliphatic heterocycles. The lowest BCUT2D eigenvalue weighted by Gasteiger charge is -2.27. The molecule has 1 amide bonds. The minimum Gasteiger partial charge on any atom is -0.487 e. The normalized spacial score (nSPS) is 15.4. The van der Waals surface area contributed by atoms with E-state index in [4.69, 9.17) is 16.3 Å². The molecule has 6 nitrogen and oxygen atoms in total. The second-order valence-corrected chi connectivity index (χ2v) is 10.7. The van der Waals surface area contributed by atoms with Gasteiger partial charge in [-0.15, -0.1) is 11.3 Å². The van der Waals surface area contributed by atoms with E-state index in [1.165, 1.54) is 29.8 Å². The van der Waals surface area contributed by atoms with E-state index in [2.05, 4.69) is 27.1 Å². The number of nitrogens with one attached hydrogen (secondary N) is 1. The Morgan fingerprint density at radius 3 is 2.69 bits per heavy atom. The van der Waals surface area contributed by atoms with E-state index in [1.54, 1.807) is 36.4 Å². The maximum atomic E-state index is 13.6. The number of halogens is 7. The van der Waals surface area contributed by atoms with Crippen molar-refractivity contribution < 1.29 is 35.9 Å². The lowest BCUT2D eigenvalue weighted by atomic mass is 10.2. The van der Waals surface area contributed by atoms with Crippen LogP contribution in [0.1, 0.15) is 23.3 Å². The summed E-state index contributed by atoms with van der Waals surface area (Å²) in [5, 5.41) is 3.44. The summed E-state index contributed by atoms with van der Waals surface area (Å²) in [7, 11) is 0. The highest BCUT2D eigenvalue weighted by molar-refractivity contribution is 7.20. The Bertz CT molecular complexity index is 1700. The quantitative estimate of drug-likeness (QED) is 0.180. The third-order valence-electron chi connectivity index (χ3n) is 6.29. The molecule has 0 bridgehead atoms. The molecule has 0 aliphatic carbocycles. The Balaban J connectivity index is 1.30. The predicted molar refractivity (Wildman–Crippen MR) is 145 cm³/mol. The van der Waals surface area contributed by atoms with Gasteiger partial charge in [0.1, 0.15) is 24.5 Å². The maximum Gasteiger partial charge on any atom is 0.463 e. The summed E-state index contributed by atoms with van der Waals surface area (Å²) in [5.74, 6) is -1.90. The van der Waals surface area contributed by atoms with Crippen LogP contribution in [0.3, 0.4) is 0 Å². The Labute approximate surface area is 244 Å². The summed E-state index contributed by atoms with van der Waals surface area (Å²) in [5.41, 5.74) is 1.73. The van der Waals surface area contributed by atoms with Gasteiger partial charge in [-0.3, -0.25) is 4.79 Å². The number of likely N-dealkylation sites (tertiary alicyclic amines) is 1. The highest BCUT2D eigenvalue weighted by atomic mass is 35.5. The van der Waals surface area contributed by atoms with Crippen molar-refractivity contribution >= 4 is 50.6 Å². The van der Waals surface area contributed by atoms with Gasteiger partial charge in [0.05, 0.1) is 26.2 Å². The van der Waals surface area contributed by atoms with Crippen LogP contribution >= 0.6 is 22.9 Å². The third-order valence-corrected chi connectivity index (χ3v) is 7.63. The molecular weight excluding hydrogens is 606 g/mol. The summed E-state index contributed by atoms with van der Waals surface area (Å²) in [6.07, 6.45) is -4.24. The van der Waals surface area contributed by atoms with Crippen LogP contribution < -0.4 is 10.1 Å². The summed E-state index contributed by atoms with van der Waals surface area (Å²) in [6, 6.07) is 11.5. The zero-order chi connectivity index (χ0) is 30.1. The zero-order valence-corrected chi connectivity index (χ0v) is 22.9. The molecule has 0 saturated carbocycles. The number of rotatable bonds is 6. The molecule has 1 saturated heterocycles. The maximum absolute atomic E-state index is 13.6. The predicted octanol–water partition coefficient (Wildman–Crippen LogP) is 7.35. The average Bonchev–Trinajstić information content (AvgIpc) is 3.58. The van der Waals surface area contributed by atoms with Crippen LogP contribution in [0.2, 0.25) is 5.02 Å². The van der Waals surface area contributed by atoms with Crippen LogP contribution in [-0.4, -0.2) is 45.5 Å². The van der Waals surface area contributed by atoms with Gasteiger partial charge in [0, 0.05) is 12.2 Å². The first-order valence-electron chi connectivity index (χ1n) is 12.4. The molecule has 0 unspecified atom stereocenters. The van der Waals surface area contributed by atoms with Crippen LogP contribution in [0.5, 0.6) is 5.75 Å². The van der Waals surface area contributed by atoms with E-state index in [0.717, 1.165) is 0 Å². The SMILES string of the molecule is O=C(N1CCC[C@@H]1C#Cc1cc2ncnc(Nc3ccc(OCc4cccc(F)c4)c(Cl)c3)c2s1)C(F)(F)C(F)(F)F. The second kappa shape index (κ2) is 11.7. The van der Waals surface area contributed by atoms with Crippen molar-refractivity contribution in [3.8, 4) is 17.6 Å². The van der Waals surface area contributed by atoms with Gasteiger partial charge in [0.15, 0.2) is 5.82 Å². The van der Waals surface area contributed by atoms with Crippen LogP contribution in [0.4, 0.5) is 37.8 Å². The molecule has 218 valence electrons. The van der Waals surface area contributed by atoms with Crippen LogP contribution in [0.25, 0.3) is 10.2 Å². The van der Waals surface area contributed by atoms with Gasteiger partial charge in [0.2, 0.25) is 0 Å². The molecule has 2 aromatic carbocycles.